The largest absolute Gasteiger partial charge is 0.753 e. The van der Waals surface area contributed by atoms with Gasteiger partial charge in [0.05, 0.1) is 6.61 Å². The third kappa shape index (κ3) is 5.66. The van der Waals surface area contributed by atoms with Crippen LogP contribution in [0.3, 0.4) is 0 Å². The number of hydrogen-bond donors (Lipinski definition) is 1. The Kier molecular flexibility index (Phi) is 5.56. The molecule has 0 radical (unpaired) electrons. The van der Waals surface area contributed by atoms with Crippen molar-refractivity contribution < 1.29 is 23.5 Å². The van der Waals surface area contributed by atoms with Gasteiger partial charge in [0.2, 0.25) is 0 Å². The van der Waals surface area contributed by atoms with Gasteiger partial charge in [0.25, 0.3) is 0 Å². The van der Waals surface area contributed by atoms with Crippen LogP contribution in [0.2, 0.25) is 0 Å². The lowest BCUT2D eigenvalue weighted by Gasteiger charge is -1.84. The summed E-state index contributed by atoms with van der Waals surface area (Å²) in [7, 11) is -2.46. The van der Waals surface area contributed by atoms with Crippen LogP contribution in [0, 0.1) is 0 Å². The van der Waals surface area contributed by atoms with Gasteiger partial charge >= 0.3 is 14.2 Å². The fraction of sp³-hybridized carbons (Fsp3) is 0.400. The van der Waals surface area contributed by atoms with Crippen molar-refractivity contribution in [1.82, 2.24) is 0 Å². The van der Waals surface area contributed by atoms with Crippen LogP contribution in [-0.4, -0.2) is 24.3 Å². The van der Waals surface area contributed by atoms with Gasteiger partial charge in [-0.15, -0.1) is 4.52 Å². The van der Waals surface area contributed by atoms with Crippen molar-refractivity contribution in [2.24, 2.45) is 0 Å². The molecule has 11 heavy (non-hydrogen) atoms. The third-order valence-electron chi connectivity index (χ3n) is 0.619. The molecule has 1 N–H and O–H groups in total. The van der Waals surface area contributed by atoms with Gasteiger partial charge in [-0.3, -0.25) is 0 Å². The predicted octanol–water partition coefficient (Wildman–Crippen LogP) is 0.382. The first-order chi connectivity index (χ1) is 5.20. The lowest BCUT2D eigenvalue weighted by molar-refractivity contribution is -0.129. The van der Waals surface area contributed by atoms with Crippen LogP contribution in [0.25, 0.3) is 0 Å². The first kappa shape index (κ1) is 10.2. The fourth-order valence-corrected chi connectivity index (χ4v) is 0.757. The highest BCUT2D eigenvalue weighted by atomic mass is 31.1. The van der Waals surface area contributed by atoms with E-state index in [1.165, 1.54) is 0 Å². The van der Waals surface area contributed by atoms with E-state index < -0.39 is 14.2 Å². The number of aliphatic hydroxyl groups is 1. The minimum Gasteiger partial charge on any atom is -0.394 e. The van der Waals surface area contributed by atoms with Crippen LogP contribution in [0.5, 0.6) is 0 Å². The van der Waals surface area contributed by atoms with E-state index in [4.69, 9.17) is 5.11 Å². The van der Waals surface area contributed by atoms with Gasteiger partial charge in [-0.1, -0.05) is 6.58 Å². The Morgan fingerprint density at radius 3 is 2.82 bits per heavy atom. The summed E-state index contributed by atoms with van der Waals surface area (Å²) < 4.78 is 18.9. The maximum atomic E-state index is 10.5. The van der Waals surface area contributed by atoms with Crippen molar-refractivity contribution in [1.29, 1.82) is 0 Å². The maximum absolute atomic E-state index is 10.5. The summed E-state index contributed by atoms with van der Waals surface area (Å²) in [5.41, 5.74) is 0. The second-order valence-corrected chi connectivity index (χ2v) is 2.28. The average Bonchev–Trinajstić information content (AvgIpc) is 2.00. The normalized spacial score (nSPS) is 10.5. The van der Waals surface area contributed by atoms with E-state index in [1.807, 2.05) is 0 Å². The number of hydrogen-bond acceptors (Lipinski definition) is 5. The average molecular weight is 179 g/mol. The first-order valence-corrected chi connectivity index (χ1v) is 3.85. The Bertz CT molecular complexity index is 166. The highest BCUT2D eigenvalue weighted by Gasteiger charge is 2.23. The van der Waals surface area contributed by atoms with Crippen molar-refractivity contribution in [3.63, 3.8) is 0 Å². The van der Waals surface area contributed by atoms with Gasteiger partial charge in [0.15, 0.2) is 0 Å². The van der Waals surface area contributed by atoms with E-state index in [1.54, 1.807) is 0 Å². The minimum absolute atomic E-state index is 0.125. The molecule has 0 fully saturated rings. The van der Waals surface area contributed by atoms with E-state index in [0.29, 0.717) is 0 Å². The van der Waals surface area contributed by atoms with E-state index in [9.17, 15) is 9.36 Å². The summed E-state index contributed by atoms with van der Waals surface area (Å²) in [6.07, 6.45) is 0.871. The second-order valence-electron chi connectivity index (χ2n) is 1.39. The van der Waals surface area contributed by atoms with Gasteiger partial charge in [-0.25, -0.2) is 4.79 Å². The monoisotopic (exact) mass is 179 g/mol. The molecule has 0 bridgehead atoms. The van der Waals surface area contributed by atoms with Gasteiger partial charge in [-0.05, 0) is 0 Å². The molecule has 0 amide bonds. The molecule has 0 spiro atoms. The summed E-state index contributed by atoms with van der Waals surface area (Å²) in [6, 6.07) is 0. The molecule has 0 aliphatic carbocycles. The number of rotatable bonds is 5. The molecule has 1 unspecified atom stereocenters. The van der Waals surface area contributed by atoms with E-state index in [-0.39, 0.29) is 13.2 Å². The quantitative estimate of drug-likeness (QED) is 0.487. The minimum atomic E-state index is -2.46. The molecule has 5 nitrogen and oxygen atoms in total. The molecule has 0 saturated heterocycles. The zero-order valence-electron chi connectivity index (χ0n) is 5.73. The lowest BCUT2D eigenvalue weighted by atomic mass is 10.7. The molecule has 62 valence electrons. The Hall–Kier alpha value is -0.770. The van der Waals surface area contributed by atoms with E-state index in [0.717, 1.165) is 6.08 Å². The molecular weight excluding hydrogens is 171 g/mol. The second kappa shape index (κ2) is 5.97. The molecule has 1 atom stereocenters. The molecule has 0 saturated carbocycles. The van der Waals surface area contributed by atoms with Crippen molar-refractivity contribution in [2.75, 3.05) is 13.2 Å². The van der Waals surface area contributed by atoms with E-state index >= 15 is 0 Å². The summed E-state index contributed by atoms with van der Waals surface area (Å²) >= 11 is 0. The molecule has 0 aliphatic heterocycles. The molecule has 0 heterocycles. The van der Waals surface area contributed by atoms with Crippen molar-refractivity contribution >= 4 is 14.2 Å². The van der Waals surface area contributed by atoms with Gasteiger partial charge < -0.3 is 5.11 Å². The van der Waals surface area contributed by atoms with Crippen molar-refractivity contribution in [3.8, 4) is 0 Å². The van der Waals surface area contributed by atoms with Crippen LogP contribution >= 0.6 is 8.25 Å². The zero-order chi connectivity index (χ0) is 8.69. The van der Waals surface area contributed by atoms with Crippen LogP contribution in [0.4, 0.5) is 0 Å². The van der Waals surface area contributed by atoms with Crippen LogP contribution < -0.4 is 0 Å². The Morgan fingerprint density at radius 1 is 1.73 bits per heavy atom. The molecular formula is C5H8O5P+. The van der Waals surface area contributed by atoms with E-state index in [2.05, 4.69) is 15.6 Å². The number of carbonyl (C=O) groups is 1. The fourth-order valence-electron chi connectivity index (χ4n) is 0.252. The summed E-state index contributed by atoms with van der Waals surface area (Å²) in [6.45, 7) is 2.69. The molecule has 0 aromatic carbocycles. The molecule has 0 aromatic heterocycles. The van der Waals surface area contributed by atoms with Crippen LogP contribution in [0.15, 0.2) is 12.7 Å². The van der Waals surface area contributed by atoms with Crippen molar-refractivity contribution in [2.45, 2.75) is 0 Å². The topological polar surface area (TPSA) is 72.8 Å². The van der Waals surface area contributed by atoms with Crippen LogP contribution in [0.1, 0.15) is 0 Å². The Morgan fingerprint density at radius 2 is 2.36 bits per heavy atom. The molecule has 6 heteroatoms. The van der Waals surface area contributed by atoms with Gasteiger partial charge in [-0.2, -0.15) is 4.52 Å². The number of carbonyl (C=O) groups excluding carboxylic acids is 1. The first-order valence-electron chi connectivity index (χ1n) is 2.76. The third-order valence-corrected chi connectivity index (χ3v) is 1.34. The smallest absolute Gasteiger partial charge is 0.394 e. The summed E-state index contributed by atoms with van der Waals surface area (Å²) in [4.78, 5) is 10.3. The van der Waals surface area contributed by atoms with Gasteiger partial charge in [0.1, 0.15) is 6.61 Å². The summed E-state index contributed by atoms with van der Waals surface area (Å²) in [5.74, 6) is -0.816. The molecule has 0 rings (SSSR count). The Labute approximate surface area is 64.6 Å². The Balaban J connectivity index is 3.52. The SMILES string of the molecule is C=CC(=O)O[P+](=O)OCCO. The predicted molar refractivity (Wildman–Crippen MR) is 36.9 cm³/mol. The number of aliphatic hydroxyl groups excluding tert-OH is 1. The highest BCUT2D eigenvalue weighted by Crippen LogP contribution is 2.23. The summed E-state index contributed by atoms with van der Waals surface area (Å²) in [5, 5.41) is 8.19. The van der Waals surface area contributed by atoms with Gasteiger partial charge in [0, 0.05) is 10.6 Å². The molecule has 0 aromatic rings. The maximum Gasteiger partial charge on any atom is 0.753 e. The highest BCUT2D eigenvalue weighted by molar-refractivity contribution is 7.34. The zero-order valence-corrected chi connectivity index (χ0v) is 6.62. The van der Waals surface area contributed by atoms with Crippen LogP contribution in [-0.2, 0) is 18.4 Å². The molecule has 0 aliphatic rings. The lowest BCUT2D eigenvalue weighted by Crippen LogP contribution is -1.97. The standard InChI is InChI=1S/C5H8O5P/c1-2-5(7)10-11(8)9-4-3-6/h2,6H,1,3-4H2/q+1. The van der Waals surface area contributed by atoms with Crippen molar-refractivity contribution in [3.05, 3.63) is 12.7 Å².